The normalized spacial score (nSPS) is 18.7. The van der Waals surface area contributed by atoms with E-state index in [4.69, 9.17) is 0 Å². The lowest BCUT2D eigenvalue weighted by Gasteiger charge is -2.34. The van der Waals surface area contributed by atoms with Crippen LogP contribution in [-0.2, 0) is 17.1 Å². The number of hydrogen-bond acceptors (Lipinski definition) is 6. The Morgan fingerprint density at radius 3 is 2.78 bits per heavy atom. The van der Waals surface area contributed by atoms with Gasteiger partial charge in [-0.15, -0.1) is 0 Å². The van der Waals surface area contributed by atoms with Crippen molar-refractivity contribution in [1.29, 1.82) is 0 Å². The molecule has 0 spiro atoms. The summed E-state index contributed by atoms with van der Waals surface area (Å²) in [6.45, 7) is 3.21. The van der Waals surface area contributed by atoms with Crippen LogP contribution in [-0.4, -0.2) is 56.7 Å². The molecule has 1 aliphatic rings. The minimum atomic E-state index is -3.74. The maximum Gasteiger partial charge on any atom is 0.247 e. The zero-order valence-electron chi connectivity index (χ0n) is 15.1. The van der Waals surface area contributed by atoms with Gasteiger partial charge in [0.05, 0.1) is 17.9 Å². The Kier molecular flexibility index (Phi) is 4.54. The minimum Gasteiger partial charge on any atom is -0.337 e. The van der Waals surface area contributed by atoms with Crippen LogP contribution < -0.4 is 5.32 Å². The minimum absolute atomic E-state index is 0.189. The highest BCUT2D eigenvalue weighted by Crippen LogP contribution is 2.29. The molecule has 3 aromatic rings. The zero-order chi connectivity index (χ0) is 19.0. The van der Waals surface area contributed by atoms with Gasteiger partial charge in [0, 0.05) is 45.3 Å². The van der Waals surface area contributed by atoms with Crippen LogP contribution >= 0.6 is 0 Å². The van der Waals surface area contributed by atoms with E-state index < -0.39 is 10.0 Å². The molecule has 4 heterocycles. The van der Waals surface area contributed by atoms with E-state index in [0.29, 0.717) is 37.0 Å². The smallest absolute Gasteiger partial charge is 0.247 e. The molecule has 0 amide bonds. The van der Waals surface area contributed by atoms with Crippen LogP contribution in [0.3, 0.4) is 0 Å². The van der Waals surface area contributed by atoms with Crippen LogP contribution in [0.4, 0.5) is 0 Å². The van der Waals surface area contributed by atoms with E-state index in [1.165, 1.54) is 10.5 Å². The standard InChI is InChI=1S/C17H21N7O2S/c1-13-15(12-21-24(13)16-5-3-4-6-19-16)27(25,26)23-10-7-18-11-14(23)17-20-8-9-22(17)2/h3-6,8-9,12,14,18H,7,10-11H2,1-2H3. The van der Waals surface area contributed by atoms with E-state index in [0.717, 1.165) is 0 Å². The first-order valence-corrected chi connectivity index (χ1v) is 10.1. The largest absolute Gasteiger partial charge is 0.337 e. The number of sulfonamides is 1. The molecule has 10 heteroatoms. The first kappa shape index (κ1) is 17.8. The summed E-state index contributed by atoms with van der Waals surface area (Å²) >= 11 is 0. The van der Waals surface area contributed by atoms with Crippen molar-refractivity contribution in [3.05, 3.63) is 54.5 Å². The highest BCUT2D eigenvalue weighted by molar-refractivity contribution is 7.89. The van der Waals surface area contributed by atoms with Crippen molar-refractivity contribution in [2.75, 3.05) is 19.6 Å². The maximum atomic E-state index is 13.5. The van der Waals surface area contributed by atoms with Gasteiger partial charge < -0.3 is 9.88 Å². The number of hydrogen-bond donors (Lipinski definition) is 1. The number of rotatable bonds is 4. The molecule has 1 aliphatic heterocycles. The first-order valence-electron chi connectivity index (χ1n) is 8.66. The van der Waals surface area contributed by atoms with E-state index >= 15 is 0 Å². The highest BCUT2D eigenvalue weighted by Gasteiger charge is 2.38. The molecule has 0 aliphatic carbocycles. The maximum absolute atomic E-state index is 13.5. The zero-order valence-corrected chi connectivity index (χ0v) is 16.0. The van der Waals surface area contributed by atoms with Crippen molar-refractivity contribution in [3.63, 3.8) is 0 Å². The van der Waals surface area contributed by atoms with Gasteiger partial charge >= 0.3 is 0 Å². The summed E-state index contributed by atoms with van der Waals surface area (Å²) in [5.41, 5.74) is 0.533. The topological polar surface area (TPSA) is 97.9 Å². The number of nitrogens with one attached hydrogen (secondary N) is 1. The van der Waals surface area contributed by atoms with Crippen molar-refractivity contribution >= 4 is 10.0 Å². The van der Waals surface area contributed by atoms with Crippen LogP contribution in [0.15, 0.2) is 47.9 Å². The average Bonchev–Trinajstić information content (AvgIpc) is 3.28. The molecule has 27 heavy (non-hydrogen) atoms. The number of piperazine rings is 1. The van der Waals surface area contributed by atoms with Gasteiger partial charge in [0.2, 0.25) is 10.0 Å². The van der Waals surface area contributed by atoms with Crippen molar-refractivity contribution in [1.82, 2.24) is 33.9 Å². The van der Waals surface area contributed by atoms with Gasteiger partial charge in [0.1, 0.15) is 10.7 Å². The number of imidazole rings is 1. The molecule has 142 valence electrons. The lowest BCUT2D eigenvalue weighted by Crippen LogP contribution is -2.49. The van der Waals surface area contributed by atoms with E-state index in [-0.39, 0.29) is 10.9 Å². The molecule has 4 rings (SSSR count). The summed E-state index contributed by atoms with van der Waals surface area (Å²) in [7, 11) is -1.88. The third kappa shape index (κ3) is 3.05. The Labute approximate surface area is 157 Å². The quantitative estimate of drug-likeness (QED) is 0.706. The number of pyridine rings is 1. The van der Waals surface area contributed by atoms with Gasteiger partial charge in [-0.3, -0.25) is 0 Å². The molecule has 0 saturated carbocycles. The molecular weight excluding hydrogens is 366 g/mol. The van der Waals surface area contributed by atoms with E-state index in [1.807, 2.05) is 23.9 Å². The Hall–Kier alpha value is -2.56. The molecule has 1 fully saturated rings. The summed E-state index contributed by atoms with van der Waals surface area (Å²) in [5.74, 6) is 1.29. The molecule has 0 aromatic carbocycles. The second kappa shape index (κ2) is 6.87. The Bertz CT molecular complexity index is 1040. The van der Waals surface area contributed by atoms with E-state index in [1.54, 1.807) is 36.1 Å². The van der Waals surface area contributed by atoms with Crippen LogP contribution in [0.2, 0.25) is 0 Å². The molecule has 1 atom stereocenters. The van der Waals surface area contributed by atoms with E-state index in [9.17, 15) is 8.42 Å². The van der Waals surface area contributed by atoms with Gasteiger partial charge in [-0.1, -0.05) is 6.07 Å². The number of aryl methyl sites for hydroxylation is 1. The van der Waals surface area contributed by atoms with Gasteiger partial charge in [-0.25, -0.2) is 23.1 Å². The Balaban J connectivity index is 1.74. The van der Waals surface area contributed by atoms with Crippen molar-refractivity contribution in [2.24, 2.45) is 7.05 Å². The summed E-state index contributed by atoms with van der Waals surface area (Å²) in [6.07, 6.45) is 6.55. The van der Waals surface area contributed by atoms with Gasteiger partial charge in [0.25, 0.3) is 0 Å². The second-order valence-corrected chi connectivity index (χ2v) is 8.28. The predicted molar refractivity (Wildman–Crippen MR) is 98.8 cm³/mol. The molecule has 1 N–H and O–H groups in total. The van der Waals surface area contributed by atoms with E-state index in [2.05, 4.69) is 20.4 Å². The van der Waals surface area contributed by atoms with Gasteiger partial charge in [0.15, 0.2) is 5.82 Å². The summed E-state index contributed by atoms with van der Waals surface area (Å²) in [6, 6.07) is 5.06. The van der Waals surface area contributed by atoms with Crippen molar-refractivity contribution < 1.29 is 8.42 Å². The fourth-order valence-corrected chi connectivity index (χ4v) is 5.10. The highest BCUT2D eigenvalue weighted by atomic mass is 32.2. The molecule has 1 saturated heterocycles. The monoisotopic (exact) mass is 387 g/mol. The molecular formula is C17H21N7O2S. The molecule has 9 nitrogen and oxygen atoms in total. The second-order valence-electron chi connectivity index (χ2n) is 6.43. The SMILES string of the molecule is Cc1c(S(=O)(=O)N2CCNCC2c2nccn2C)cnn1-c1ccccn1. The lowest BCUT2D eigenvalue weighted by molar-refractivity contribution is 0.258. The summed E-state index contributed by atoms with van der Waals surface area (Å²) < 4.78 is 31.8. The predicted octanol–water partition coefficient (Wildman–Crippen LogP) is 0.644. The van der Waals surface area contributed by atoms with Crippen molar-refractivity contribution in [3.8, 4) is 5.82 Å². The van der Waals surface area contributed by atoms with Crippen LogP contribution in [0.5, 0.6) is 0 Å². The molecule has 0 radical (unpaired) electrons. The van der Waals surface area contributed by atoms with Gasteiger partial charge in [-0.2, -0.15) is 9.40 Å². The molecule has 0 bridgehead atoms. The summed E-state index contributed by atoms with van der Waals surface area (Å²) in [4.78, 5) is 8.80. The Morgan fingerprint density at radius 2 is 2.07 bits per heavy atom. The van der Waals surface area contributed by atoms with Crippen molar-refractivity contribution in [2.45, 2.75) is 17.9 Å². The third-order valence-corrected chi connectivity index (χ3v) is 6.78. The fourth-order valence-electron chi connectivity index (χ4n) is 3.38. The fraction of sp³-hybridized carbons (Fsp3) is 0.353. The first-order chi connectivity index (χ1) is 13.0. The van der Waals surface area contributed by atoms with Crippen LogP contribution in [0, 0.1) is 6.92 Å². The number of nitrogens with zero attached hydrogens (tertiary/aromatic N) is 6. The van der Waals surface area contributed by atoms with Gasteiger partial charge in [-0.05, 0) is 19.1 Å². The number of aromatic nitrogens is 5. The van der Waals surface area contributed by atoms with Crippen LogP contribution in [0.25, 0.3) is 5.82 Å². The third-order valence-electron chi connectivity index (χ3n) is 4.77. The molecule has 3 aromatic heterocycles. The average molecular weight is 387 g/mol. The summed E-state index contributed by atoms with van der Waals surface area (Å²) in [5, 5.41) is 7.52. The lowest BCUT2D eigenvalue weighted by atomic mass is 10.2. The molecule has 1 unspecified atom stereocenters. The Morgan fingerprint density at radius 1 is 1.22 bits per heavy atom. The van der Waals surface area contributed by atoms with Crippen LogP contribution in [0.1, 0.15) is 17.6 Å².